The number of aromatic nitrogens is 3. The fourth-order valence-corrected chi connectivity index (χ4v) is 1.73. The van der Waals surface area contributed by atoms with Crippen molar-refractivity contribution >= 4 is 11.6 Å². The molecule has 7 nitrogen and oxygen atoms in total. The van der Waals surface area contributed by atoms with E-state index in [9.17, 15) is 13.6 Å². The third kappa shape index (κ3) is 4.40. The number of amides is 1. The number of benzene rings is 1. The smallest absolute Gasteiger partial charge is 0.387 e. The molecule has 0 aliphatic rings. The van der Waals surface area contributed by atoms with Gasteiger partial charge in [0.05, 0.1) is 13.7 Å². The molecule has 0 saturated carbocycles. The number of carbonyl (C=O) groups excluding carboxylic acids is 1. The van der Waals surface area contributed by atoms with Crippen molar-refractivity contribution in [1.82, 2.24) is 14.8 Å². The Morgan fingerprint density at radius 2 is 2.23 bits per heavy atom. The van der Waals surface area contributed by atoms with E-state index in [2.05, 4.69) is 20.1 Å². The lowest BCUT2D eigenvalue weighted by Gasteiger charge is -2.12. The van der Waals surface area contributed by atoms with Gasteiger partial charge in [-0.15, -0.1) is 0 Å². The summed E-state index contributed by atoms with van der Waals surface area (Å²) in [7, 11) is 1.34. The topological polar surface area (TPSA) is 78.3 Å². The van der Waals surface area contributed by atoms with Crippen LogP contribution in [-0.4, -0.2) is 34.4 Å². The van der Waals surface area contributed by atoms with Crippen molar-refractivity contribution in [1.29, 1.82) is 0 Å². The highest BCUT2D eigenvalue weighted by atomic mass is 19.3. The van der Waals surface area contributed by atoms with Crippen LogP contribution in [0.3, 0.4) is 0 Å². The van der Waals surface area contributed by atoms with Gasteiger partial charge in [-0.3, -0.25) is 9.48 Å². The maximum Gasteiger partial charge on any atom is 0.387 e. The average Bonchev–Trinajstić information content (AvgIpc) is 2.98. The van der Waals surface area contributed by atoms with Gasteiger partial charge in [-0.2, -0.15) is 13.9 Å². The van der Waals surface area contributed by atoms with E-state index in [1.807, 2.05) is 0 Å². The number of rotatable bonds is 7. The lowest BCUT2D eigenvalue weighted by atomic mass is 10.2. The predicted octanol–water partition coefficient (Wildman–Crippen LogP) is 1.92. The number of hydrogen-bond donors (Lipinski definition) is 1. The molecule has 1 aromatic carbocycles. The van der Waals surface area contributed by atoms with Crippen molar-refractivity contribution in [3.63, 3.8) is 0 Å². The Morgan fingerprint density at radius 1 is 1.41 bits per heavy atom. The molecule has 0 saturated heterocycles. The van der Waals surface area contributed by atoms with Crippen molar-refractivity contribution in [2.24, 2.45) is 0 Å². The van der Waals surface area contributed by atoms with E-state index in [1.54, 1.807) is 0 Å². The van der Waals surface area contributed by atoms with Gasteiger partial charge < -0.3 is 14.8 Å². The Labute approximate surface area is 124 Å². The Kier molecular flexibility index (Phi) is 5.23. The summed E-state index contributed by atoms with van der Waals surface area (Å²) in [4.78, 5) is 15.6. The van der Waals surface area contributed by atoms with Crippen molar-refractivity contribution in [3.8, 4) is 11.5 Å². The molecule has 9 heteroatoms. The first-order valence-electron chi connectivity index (χ1n) is 6.33. The van der Waals surface area contributed by atoms with Crippen molar-refractivity contribution in [2.75, 3.05) is 12.4 Å². The molecule has 0 aliphatic carbocycles. The number of carbonyl (C=O) groups is 1. The molecule has 0 bridgehead atoms. The average molecular weight is 312 g/mol. The monoisotopic (exact) mass is 312 g/mol. The molecule has 1 amide bonds. The number of hydrogen-bond acceptors (Lipinski definition) is 5. The number of aryl methyl sites for hydroxylation is 1. The minimum absolute atomic E-state index is 0.147. The third-order valence-corrected chi connectivity index (χ3v) is 2.70. The third-order valence-electron chi connectivity index (χ3n) is 2.70. The van der Waals surface area contributed by atoms with Gasteiger partial charge in [-0.25, -0.2) is 4.98 Å². The van der Waals surface area contributed by atoms with Crippen molar-refractivity contribution < 1.29 is 23.0 Å². The van der Waals surface area contributed by atoms with Crippen LogP contribution >= 0.6 is 0 Å². The molecule has 0 spiro atoms. The predicted molar refractivity (Wildman–Crippen MR) is 72.9 cm³/mol. The minimum Gasteiger partial charge on any atom is -0.493 e. The highest BCUT2D eigenvalue weighted by Gasteiger charge is 2.12. The number of nitrogens with zero attached hydrogens (tertiary/aromatic N) is 3. The van der Waals surface area contributed by atoms with E-state index < -0.39 is 6.61 Å². The molecule has 0 fully saturated rings. The largest absolute Gasteiger partial charge is 0.493 e. The fourth-order valence-electron chi connectivity index (χ4n) is 1.73. The molecule has 118 valence electrons. The SMILES string of the molecule is COc1ccc(NC(=O)CCn2cncn2)cc1OC(F)F. The fraction of sp³-hybridized carbons (Fsp3) is 0.308. The number of methoxy groups -OCH3 is 1. The summed E-state index contributed by atoms with van der Waals surface area (Å²) >= 11 is 0. The molecule has 0 atom stereocenters. The van der Waals surface area contributed by atoms with Gasteiger partial charge in [-0.1, -0.05) is 0 Å². The van der Waals surface area contributed by atoms with E-state index in [-0.39, 0.29) is 23.8 Å². The summed E-state index contributed by atoms with van der Waals surface area (Å²) in [5, 5.41) is 6.46. The standard InChI is InChI=1S/C13H14F2N4O3/c1-21-10-3-2-9(6-11(10)22-13(14)15)18-12(20)4-5-19-8-16-7-17-19/h2-3,6-8,13H,4-5H2,1H3,(H,18,20). The molecular weight excluding hydrogens is 298 g/mol. The second-order valence-electron chi connectivity index (χ2n) is 4.20. The normalized spacial score (nSPS) is 10.5. The van der Waals surface area contributed by atoms with Crippen LogP contribution in [0.25, 0.3) is 0 Å². The first-order chi connectivity index (χ1) is 10.6. The van der Waals surface area contributed by atoms with Gasteiger partial charge in [0.15, 0.2) is 11.5 Å². The molecule has 22 heavy (non-hydrogen) atoms. The zero-order valence-corrected chi connectivity index (χ0v) is 11.7. The van der Waals surface area contributed by atoms with Gasteiger partial charge in [0, 0.05) is 18.2 Å². The first-order valence-corrected chi connectivity index (χ1v) is 6.33. The molecule has 1 aromatic heterocycles. The maximum absolute atomic E-state index is 12.3. The Balaban J connectivity index is 1.97. The lowest BCUT2D eigenvalue weighted by Crippen LogP contribution is -2.15. The lowest BCUT2D eigenvalue weighted by molar-refractivity contribution is -0.116. The van der Waals surface area contributed by atoms with Crippen LogP contribution in [0.2, 0.25) is 0 Å². The highest BCUT2D eigenvalue weighted by molar-refractivity contribution is 5.91. The summed E-state index contributed by atoms with van der Waals surface area (Å²) in [6.45, 7) is -2.62. The molecule has 1 N–H and O–H groups in total. The molecule has 2 rings (SSSR count). The van der Waals surface area contributed by atoms with Crippen LogP contribution in [0.4, 0.5) is 14.5 Å². The van der Waals surface area contributed by atoms with Gasteiger partial charge in [0.25, 0.3) is 0 Å². The summed E-state index contributed by atoms with van der Waals surface area (Å²) < 4.78 is 35.4. The molecule has 0 aliphatic heterocycles. The van der Waals surface area contributed by atoms with E-state index in [1.165, 1.54) is 42.6 Å². The van der Waals surface area contributed by atoms with Crippen LogP contribution in [0.1, 0.15) is 6.42 Å². The quantitative estimate of drug-likeness (QED) is 0.845. The Hall–Kier alpha value is -2.71. The number of ether oxygens (including phenoxy) is 2. The second kappa shape index (κ2) is 7.34. The number of halogens is 2. The Morgan fingerprint density at radius 3 is 2.86 bits per heavy atom. The van der Waals surface area contributed by atoms with E-state index in [0.29, 0.717) is 12.2 Å². The van der Waals surface area contributed by atoms with Crippen LogP contribution in [0.15, 0.2) is 30.9 Å². The highest BCUT2D eigenvalue weighted by Crippen LogP contribution is 2.31. The van der Waals surface area contributed by atoms with Gasteiger partial charge in [0.1, 0.15) is 12.7 Å². The zero-order valence-electron chi connectivity index (χ0n) is 11.7. The van der Waals surface area contributed by atoms with Crippen LogP contribution in [-0.2, 0) is 11.3 Å². The molecule has 0 unspecified atom stereocenters. The van der Waals surface area contributed by atoms with E-state index >= 15 is 0 Å². The van der Waals surface area contributed by atoms with Gasteiger partial charge in [-0.05, 0) is 12.1 Å². The molecule has 1 heterocycles. The van der Waals surface area contributed by atoms with Crippen LogP contribution in [0, 0.1) is 0 Å². The molecule has 0 radical (unpaired) electrons. The summed E-state index contributed by atoms with van der Waals surface area (Å²) in [5.41, 5.74) is 0.333. The summed E-state index contributed by atoms with van der Waals surface area (Å²) in [5.74, 6) is -0.281. The summed E-state index contributed by atoms with van der Waals surface area (Å²) in [6, 6.07) is 4.24. The Bertz CT molecular complexity index is 620. The van der Waals surface area contributed by atoms with Crippen molar-refractivity contribution in [3.05, 3.63) is 30.9 Å². The van der Waals surface area contributed by atoms with E-state index in [4.69, 9.17) is 4.74 Å². The maximum atomic E-state index is 12.3. The van der Waals surface area contributed by atoms with Crippen LogP contribution in [0.5, 0.6) is 11.5 Å². The first kappa shape index (κ1) is 15.7. The number of alkyl halides is 2. The van der Waals surface area contributed by atoms with Gasteiger partial charge in [0.2, 0.25) is 5.91 Å². The number of nitrogens with one attached hydrogen (secondary N) is 1. The van der Waals surface area contributed by atoms with Crippen molar-refractivity contribution in [2.45, 2.75) is 19.6 Å². The summed E-state index contributed by atoms with van der Waals surface area (Å²) in [6.07, 6.45) is 3.03. The minimum atomic E-state index is -2.98. The molecular formula is C13H14F2N4O3. The van der Waals surface area contributed by atoms with E-state index in [0.717, 1.165) is 0 Å². The van der Waals surface area contributed by atoms with Gasteiger partial charge >= 0.3 is 6.61 Å². The zero-order chi connectivity index (χ0) is 15.9. The number of anilines is 1. The molecule has 2 aromatic rings. The second-order valence-corrected chi connectivity index (χ2v) is 4.20. The van der Waals surface area contributed by atoms with Crippen LogP contribution < -0.4 is 14.8 Å².